The molecular formula is C12H20O2. The van der Waals surface area contributed by atoms with Gasteiger partial charge in [-0.3, -0.25) is 0 Å². The fraction of sp³-hybridized carbons (Fsp3) is 1.00. The summed E-state index contributed by atoms with van der Waals surface area (Å²) in [7, 11) is 0. The summed E-state index contributed by atoms with van der Waals surface area (Å²) >= 11 is 0. The average Bonchev–Trinajstić information content (AvgIpc) is 2.55. The second-order valence-electron chi connectivity index (χ2n) is 6.18. The maximum atomic E-state index is 5.89. The first-order valence-corrected chi connectivity index (χ1v) is 5.78. The Morgan fingerprint density at radius 3 is 2.71 bits per heavy atom. The molecule has 80 valence electrons. The van der Waals surface area contributed by atoms with E-state index in [9.17, 15) is 0 Å². The highest BCUT2D eigenvalue weighted by atomic mass is 16.7. The lowest BCUT2D eigenvalue weighted by Gasteiger charge is -2.43. The van der Waals surface area contributed by atoms with Crippen LogP contribution in [0.1, 0.15) is 40.0 Å². The molecule has 2 bridgehead atoms. The summed E-state index contributed by atoms with van der Waals surface area (Å²) < 4.78 is 11.6. The van der Waals surface area contributed by atoms with Crippen molar-refractivity contribution >= 4 is 0 Å². The molecule has 1 saturated heterocycles. The molecule has 4 atom stereocenters. The van der Waals surface area contributed by atoms with Crippen LogP contribution in [0.2, 0.25) is 0 Å². The molecule has 0 radical (unpaired) electrons. The van der Waals surface area contributed by atoms with Gasteiger partial charge < -0.3 is 9.47 Å². The van der Waals surface area contributed by atoms with Gasteiger partial charge in [-0.15, -0.1) is 0 Å². The van der Waals surface area contributed by atoms with Crippen LogP contribution in [-0.4, -0.2) is 18.5 Å². The predicted octanol–water partition coefficient (Wildman–Crippen LogP) is 2.57. The van der Waals surface area contributed by atoms with Crippen LogP contribution in [-0.2, 0) is 9.47 Å². The van der Waals surface area contributed by atoms with E-state index in [0.717, 1.165) is 5.92 Å². The van der Waals surface area contributed by atoms with Crippen LogP contribution in [0.5, 0.6) is 0 Å². The van der Waals surface area contributed by atoms with Gasteiger partial charge in [-0.2, -0.15) is 0 Å². The van der Waals surface area contributed by atoms with E-state index in [1.807, 2.05) is 0 Å². The van der Waals surface area contributed by atoms with Crippen LogP contribution >= 0.6 is 0 Å². The van der Waals surface area contributed by atoms with Gasteiger partial charge in [0.05, 0.1) is 11.7 Å². The lowest BCUT2D eigenvalue weighted by Crippen LogP contribution is -2.49. The van der Waals surface area contributed by atoms with E-state index < -0.39 is 0 Å². The minimum atomic E-state index is 0.0104. The Kier molecular flexibility index (Phi) is 1.66. The normalized spacial score (nSPS) is 54.6. The molecule has 0 aromatic rings. The van der Waals surface area contributed by atoms with Gasteiger partial charge in [0, 0.05) is 0 Å². The van der Waals surface area contributed by atoms with Crippen molar-refractivity contribution in [3.05, 3.63) is 0 Å². The average molecular weight is 196 g/mol. The van der Waals surface area contributed by atoms with Gasteiger partial charge in [0.25, 0.3) is 0 Å². The third-order valence-corrected chi connectivity index (χ3v) is 4.84. The van der Waals surface area contributed by atoms with Crippen molar-refractivity contribution in [2.45, 2.75) is 51.7 Å². The van der Waals surface area contributed by atoms with E-state index in [1.165, 1.54) is 19.3 Å². The summed E-state index contributed by atoms with van der Waals surface area (Å²) in [6.45, 7) is 7.57. The minimum Gasteiger partial charge on any atom is -0.349 e. The first-order valence-electron chi connectivity index (χ1n) is 5.78. The predicted molar refractivity (Wildman–Crippen MR) is 53.8 cm³/mol. The van der Waals surface area contributed by atoms with Crippen molar-refractivity contribution in [3.8, 4) is 0 Å². The van der Waals surface area contributed by atoms with Crippen molar-refractivity contribution < 1.29 is 9.47 Å². The van der Waals surface area contributed by atoms with E-state index in [1.54, 1.807) is 0 Å². The van der Waals surface area contributed by atoms with Crippen LogP contribution in [0.4, 0.5) is 0 Å². The highest BCUT2D eigenvalue weighted by molar-refractivity contribution is 5.09. The molecule has 2 aliphatic carbocycles. The summed E-state index contributed by atoms with van der Waals surface area (Å²) in [6.07, 6.45) is 4.30. The Morgan fingerprint density at radius 2 is 1.93 bits per heavy atom. The van der Waals surface area contributed by atoms with Crippen molar-refractivity contribution in [2.75, 3.05) is 6.79 Å². The van der Waals surface area contributed by atoms with Gasteiger partial charge in [0.1, 0.15) is 6.79 Å². The molecule has 3 aliphatic rings. The second kappa shape index (κ2) is 2.53. The zero-order chi connectivity index (χ0) is 9.97. The first-order chi connectivity index (χ1) is 6.52. The highest BCUT2D eigenvalue weighted by Gasteiger charge is 2.60. The van der Waals surface area contributed by atoms with Crippen molar-refractivity contribution in [1.29, 1.82) is 0 Å². The Balaban J connectivity index is 1.99. The molecule has 0 N–H and O–H groups in total. The number of rotatable bonds is 0. The first kappa shape index (κ1) is 9.17. The van der Waals surface area contributed by atoms with Crippen LogP contribution in [0, 0.1) is 17.3 Å². The molecule has 0 aromatic carbocycles. The Hall–Kier alpha value is -0.0800. The summed E-state index contributed by atoms with van der Waals surface area (Å²) in [6, 6.07) is 0. The smallest absolute Gasteiger partial charge is 0.148 e. The monoisotopic (exact) mass is 196 g/mol. The lowest BCUT2D eigenvalue weighted by molar-refractivity contribution is -0.0758. The zero-order valence-corrected chi connectivity index (χ0v) is 9.38. The highest BCUT2D eigenvalue weighted by Crippen LogP contribution is 2.59. The minimum absolute atomic E-state index is 0.0104. The van der Waals surface area contributed by atoms with Gasteiger partial charge in [-0.05, 0) is 43.4 Å². The molecule has 0 spiro atoms. The number of fused-ring (bicyclic) bond motifs is 4. The fourth-order valence-corrected chi connectivity index (χ4v) is 4.24. The Bertz CT molecular complexity index is 259. The second-order valence-corrected chi connectivity index (χ2v) is 6.18. The van der Waals surface area contributed by atoms with Crippen LogP contribution in [0.3, 0.4) is 0 Å². The molecule has 3 rings (SSSR count). The maximum Gasteiger partial charge on any atom is 0.148 e. The van der Waals surface area contributed by atoms with E-state index in [2.05, 4.69) is 20.8 Å². The molecule has 0 aromatic heterocycles. The standard InChI is InChI=1S/C12H20O2/c1-11(2)6-8-4-9(11)12(3)10(5-8)13-7-14-12/h8-10H,4-7H2,1-3H3/t8?,9?,10?,12-/m0/s1. The lowest BCUT2D eigenvalue weighted by atomic mass is 9.69. The molecule has 14 heavy (non-hydrogen) atoms. The van der Waals surface area contributed by atoms with Crippen molar-refractivity contribution in [3.63, 3.8) is 0 Å². The van der Waals surface area contributed by atoms with Crippen molar-refractivity contribution in [1.82, 2.24) is 0 Å². The van der Waals surface area contributed by atoms with Gasteiger partial charge in [-0.25, -0.2) is 0 Å². The molecule has 1 aliphatic heterocycles. The fourth-order valence-electron chi connectivity index (χ4n) is 4.24. The van der Waals surface area contributed by atoms with Gasteiger partial charge >= 0.3 is 0 Å². The molecule has 2 heteroatoms. The summed E-state index contributed by atoms with van der Waals surface area (Å²) in [5.41, 5.74) is 0.457. The molecule has 3 unspecified atom stereocenters. The molecule has 2 nitrogen and oxygen atoms in total. The third-order valence-electron chi connectivity index (χ3n) is 4.84. The number of ether oxygens (including phenoxy) is 2. The largest absolute Gasteiger partial charge is 0.349 e. The van der Waals surface area contributed by atoms with Gasteiger partial charge in [0.2, 0.25) is 0 Å². The topological polar surface area (TPSA) is 18.5 Å². The summed E-state index contributed by atoms with van der Waals surface area (Å²) in [4.78, 5) is 0. The summed E-state index contributed by atoms with van der Waals surface area (Å²) in [5, 5.41) is 0. The third kappa shape index (κ3) is 0.989. The number of hydrogen-bond acceptors (Lipinski definition) is 2. The molecule has 2 saturated carbocycles. The molecule has 1 heterocycles. The quantitative estimate of drug-likeness (QED) is 0.593. The molecule has 0 amide bonds. The number of hydrogen-bond donors (Lipinski definition) is 0. The van der Waals surface area contributed by atoms with E-state index in [0.29, 0.717) is 24.2 Å². The van der Waals surface area contributed by atoms with Crippen LogP contribution in [0.15, 0.2) is 0 Å². The zero-order valence-electron chi connectivity index (χ0n) is 9.38. The van der Waals surface area contributed by atoms with E-state index in [4.69, 9.17) is 9.47 Å². The van der Waals surface area contributed by atoms with Crippen LogP contribution in [0.25, 0.3) is 0 Å². The Labute approximate surface area is 86.0 Å². The van der Waals surface area contributed by atoms with Gasteiger partial charge in [0.15, 0.2) is 0 Å². The van der Waals surface area contributed by atoms with E-state index in [-0.39, 0.29) is 5.60 Å². The van der Waals surface area contributed by atoms with E-state index >= 15 is 0 Å². The van der Waals surface area contributed by atoms with Crippen molar-refractivity contribution in [2.24, 2.45) is 17.3 Å². The maximum absolute atomic E-state index is 5.89. The Morgan fingerprint density at radius 1 is 1.14 bits per heavy atom. The van der Waals surface area contributed by atoms with Crippen LogP contribution < -0.4 is 0 Å². The summed E-state index contributed by atoms with van der Waals surface area (Å²) in [5.74, 6) is 1.58. The molecule has 3 fully saturated rings. The van der Waals surface area contributed by atoms with Gasteiger partial charge in [-0.1, -0.05) is 13.8 Å². The molecular weight excluding hydrogens is 176 g/mol. The SMILES string of the molecule is CC1(C)CC2CC3OCO[C@@]3(C)C1C2.